The first-order valence-corrected chi connectivity index (χ1v) is 5.85. The Bertz CT molecular complexity index is 480. The van der Waals surface area contributed by atoms with Gasteiger partial charge in [0.15, 0.2) is 5.96 Å². The van der Waals surface area contributed by atoms with Crippen molar-refractivity contribution in [2.45, 2.75) is 11.8 Å². The van der Waals surface area contributed by atoms with E-state index in [1.54, 1.807) is 18.2 Å². The minimum absolute atomic E-state index is 0.0881. The fraction of sp³-hybridized carbons (Fsp3) is 0.111. The number of benzene rings is 1. The van der Waals surface area contributed by atoms with Crippen LogP contribution in [0.25, 0.3) is 0 Å². The molecule has 0 radical (unpaired) electrons. The first-order valence-electron chi connectivity index (χ1n) is 4.37. The van der Waals surface area contributed by atoms with Crippen LogP contribution >= 0.6 is 0 Å². The van der Waals surface area contributed by atoms with E-state index in [1.807, 2.05) is 4.72 Å². The van der Waals surface area contributed by atoms with E-state index in [4.69, 9.17) is 21.0 Å². The van der Waals surface area contributed by atoms with Gasteiger partial charge in [-0.25, -0.2) is 13.1 Å². The number of aliphatic carboxylic acids is 1. The lowest BCUT2D eigenvalue weighted by Gasteiger charge is -2.04. The largest absolute Gasteiger partial charge is 0.481 e. The molecule has 0 saturated heterocycles. The van der Waals surface area contributed by atoms with Gasteiger partial charge in [0.2, 0.25) is 0 Å². The first kappa shape index (κ1) is 14.9. The molecule has 0 saturated carbocycles. The average Bonchev–Trinajstić information content (AvgIpc) is 2.16. The number of carboxylic acids is 1. The number of hydrogen-bond donors (Lipinski definition) is 4. The number of nitrogens with two attached hydrogens (primary N) is 1. The van der Waals surface area contributed by atoms with Gasteiger partial charge in [0.05, 0.1) is 4.90 Å². The van der Waals surface area contributed by atoms with Crippen LogP contribution in [0.15, 0.2) is 35.2 Å². The van der Waals surface area contributed by atoms with Gasteiger partial charge < -0.3 is 10.8 Å². The van der Waals surface area contributed by atoms with Crippen molar-refractivity contribution >= 4 is 22.0 Å². The quantitative estimate of drug-likeness (QED) is 0.436. The zero-order valence-electron chi connectivity index (χ0n) is 9.04. The van der Waals surface area contributed by atoms with Gasteiger partial charge in [-0.05, 0) is 12.1 Å². The summed E-state index contributed by atoms with van der Waals surface area (Å²) in [4.78, 5) is 9.09. The van der Waals surface area contributed by atoms with Crippen molar-refractivity contribution in [3.05, 3.63) is 30.3 Å². The second kappa shape index (κ2) is 6.48. The molecule has 0 amide bonds. The van der Waals surface area contributed by atoms with Crippen LogP contribution in [0.3, 0.4) is 0 Å². The zero-order chi connectivity index (χ0) is 13.5. The molecule has 1 rings (SSSR count). The van der Waals surface area contributed by atoms with Crippen molar-refractivity contribution < 1.29 is 18.3 Å². The van der Waals surface area contributed by atoms with Crippen molar-refractivity contribution in [3.63, 3.8) is 0 Å². The standard InChI is InChI=1S/C7H9N3O2S.C2H4O2/c8-7(9)10-13(11,12)6-4-2-1-3-5-6;1-2(3)4/h1-5H,(H4,8,9,10);1H3,(H,3,4). The van der Waals surface area contributed by atoms with Gasteiger partial charge in [0, 0.05) is 6.92 Å². The van der Waals surface area contributed by atoms with E-state index in [-0.39, 0.29) is 4.90 Å². The minimum Gasteiger partial charge on any atom is -0.481 e. The van der Waals surface area contributed by atoms with Crippen molar-refractivity contribution in [2.75, 3.05) is 0 Å². The van der Waals surface area contributed by atoms with E-state index >= 15 is 0 Å². The van der Waals surface area contributed by atoms with Gasteiger partial charge in [-0.2, -0.15) is 0 Å². The molecule has 94 valence electrons. The maximum Gasteiger partial charge on any atom is 0.300 e. The summed E-state index contributed by atoms with van der Waals surface area (Å²) in [5.74, 6) is -1.43. The van der Waals surface area contributed by atoms with Crippen molar-refractivity contribution in [2.24, 2.45) is 5.73 Å². The van der Waals surface area contributed by atoms with Crippen molar-refractivity contribution in [3.8, 4) is 0 Å². The SMILES string of the molecule is CC(=O)O.N=C(N)NS(=O)(=O)c1ccccc1. The Balaban J connectivity index is 0.000000557. The molecule has 8 heteroatoms. The van der Waals surface area contributed by atoms with Crippen LogP contribution < -0.4 is 10.5 Å². The molecule has 0 heterocycles. The molecule has 7 nitrogen and oxygen atoms in total. The number of nitrogens with one attached hydrogen (secondary N) is 2. The highest BCUT2D eigenvalue weighted by Crippen LogP contribution is 2.05. The van der Waals surface area contributed by atoms with E-state index < -0.39 is 22.0 Å². The number of hydrogen-bond acceptors (Lipinski definition) is 4. The van der Waals surface area contributed by atoms with E-state index in [0.29, 0.717) is 0 Å². The third-order valence-corrected chi connectivity index (χ3v) is 2.68. The van der Waals surface area contributed by atoms with Crippen LogP contribution in [-0.4, -0.2) is 25.5 Å². The molecule has 0 unspecified atom stereocenters. The third kappa shape index (κ3) is 6.90. The molecule has 1 aromatic carbocycles. The van der Waals surface area contributed by atoms with Crippen LogP contribution in [0, 0.1) is 5.41 Å². The number of carbonyl (C=O) groups is 1. The Morgan fingerprint density at radius 3 is 2.12 bits per heavy atom. The number of carboxylic acid groups (broad SMARTS) is 1. The van der Waals surface area contributed by atoms with E-state index in [1.165, 1.54) is 12.1 Å². The maximum atomic E-state index is 11.3. The lowest BCUT2D eigenvalue weighted by Crippen LogP contribution is -2.35. The second-order valence-electron chi connectivity index (χ2n) is 2.85. The summed E-state index contributed by atoms with van der Waals surface area (Å²) in [6.45, 7) is 1.08. The predicted octanol–water partition coefficient (Wildman–Crippen LogP) is -0.0507. The Labute approximate surface area is 98.8 Å². The summed E-state index contributed by atoms with van der Waals surface area (Å²) in [5, 5.41) is 14.2. The molecule has 0 aliphatic carbocycles. The highest BCUT2D eigenvalue weighted by molar-refractivity contribution is 7.90. The Morgan fingerprint density at radius 2 is 1.76 bits per heavy atom. The Morgan fingerprint density at radius 1 is 1.35 bits per heavy atom. The van der Waals surface area contributed by atoms with Gasteiger partial charge >= 0.3 is 0 Å². The molecule has 17 heavy (non-hydrogen) atoms. The van der Waals surface area contributed by atoms with Gasteiger partial charge in [0.25, 0.3) is 16.0 Å². The molecule has 0 fully saturated rings. The fourth-order valence-corrected chi connectivity index (χ4v) is 1.73. The molecule has 0 aliphatic rings. The third-order valence-electron chi connectivity index (χ3n) is 1.30. The lowest BCUT2D eigenvalue weighted by atomic mass is 10.4. The molecule has 0 bridgehead atoms. The zero-order valence-corrected chi connectivity index (χ0v) is 9.86. The predicted molar refractivity (Wildman–Crippen MR) is 62.0 cm³/mol. The fourth-order valence-electron chi connectivity index (χ4n) is 0.803. The van der Waals surface area contributed by atoms with Gasteiger partial charge in [-0.1, -0.05) is 18.2 Å². The van der Waals surface area contributed by atoms with Crippen molar-refractivity contribution in [1.82, 2.24) is 4.72 Å². The highest BCUT2D eigenvalue weighted by Gasteiger charge is 2.12. The van der Waals surface area contributed by atoms with Crippen LogP contribution in [0.5, 0.6) is 0 Å². The summed E-state index contributed by atoms with van der Waals surface area (Å²) in [5.41, 5.74) is 4.91. The van der Waals surface area contributed by atoms with Crippen LogP contribution in [0.4, 0.5) is 0 Å². The summed E-state index contributed by atoms with van der Waals surface area (Å²) in [6, 6.07) is 7.73. The van der Waals surface area contributed by atoms with Crippen molar-refractivity contribution in [1.29, 1.82) is 5.41 Å². The van der Waals surface area contributed by atoms with Crippen LogP contribution in [0.2, 0.25) is 0 Å². The number of guanidine groups is 1. The number of rotatable bonds is 2. The van der Waals surface area contributed by atoms with Crippen LogP contribution in [-0.2, 0) is 14.8 Å². The lowest BCUT2D eigenvalue weighted by molar-refractivity contribution is -0.134. The normalized spacial score (nSPS) is 9.71. The summed E-state index contributed by atoms with van der Waals surface area (Å²) in [7, 11) is -3.66. The van der Waals surface area contributed by atoms with E-state index in [9.17, 15) is 8.42 Å². The second-order valence-corrected chi connectivity index (χ2v) is 4.53. The molecular formula is C9H13N3O4S. The Kier molecular flexibility index (Phi) is 5.69. The van der Waals surface area contributed by atoms with Crippen LogP contribution in [0.1, 0.15) is 6.92 Å². The summed E-state index contributed by atoms with van der Waals surface area (Å²) in [6.07, 6.45) is 0. The molecule has 0 atom stereocenters. The van der Waals surface area contributed by atoms with E-state index in [0.717, 1.165) is 6.92 Å². The van der Waals surface area contributed by atoms with Gasteiger partial charge in [-0.3, -0.25) is 10.2 Å². The van der Waals surface area contributed by atoms with E-state index in [2.05, 4.69) is 0 Å². The van der Waals surface area contributed by atoms with Gasteiger partial charge in [0.1, 0.15) is 0 Å². The highest BCUT2D eigenvalue weighted by atomic mass is 32.2. The molecule has 0 spiro atoms. The Hall–Kier alpha value is -2.09. The molecule has 5 N–H and O–H groups in total. The minimum atomic E-state index is -3.66. The summed E-state index contributed by atoms with van der Waals surface area (Å²) >= 11 is 0. The van der Waals surface area contributed by atoms with Gasteiger partial charge in [-0.15, -0.1) is 0 Å². The maximum absolute atomic E-state index is 11.3. The molecule has 0 aromatic heterocycles. The first-order chi connectivity index (χ1) is 7.75. The monoisotopic (exact) mass is 259 g/mol. The summed E-state index contributed by atoms with van der Waals surface area (Å²) < 4.78 is 24.5. The molecule has 1 aromatic rings. The number of sulfonamides is 1. The average molecular weight is 259 g/mol. The smallest absolute Gasteiger partial charge is 0.300 e. The topological polar surface area (TPSA) is 133 Å². The molecule has 0 aliphatic heterocycles. The molecular weight excluding hydrogens is 246 g/mol.